The molecule has 2 atom stereocenters. The van der Waals surface area contributed by atoms with Gasteiger partial charge in [0.05, 0.1) is 4.83 Å². The third kappa shape index (κ3) is 3.57. The molecule has 0 aliphatic rings. The Morgan fingerprint density at radius 2 is 1.84 bits per heavy atom. The highest BCUT2D eigenvalue weighted by Gasteiger charge is 2.25. The molecule has 1 rings (SSSR count). The maximum absolute atomic E-state index is 12.9. The van der Waals surface area contributed by atoms with E-state index in [9.17, 15) is 23.5 Å². The van der Waals surface area contributed by atoms with Crippen LogP contribution in [0.15, 0.2) is 18.2 Å². The lowest BCUT2D eigenvalue weighted by molar-refractivity contribution is -0.147. The predicted molar refractivity (Wildman–Crippen MR) is 66.7 cm³/mol. The average Bonchev–Trinajstić information content (AvgIpc) is 2.35. The van der Waals surface area contributed by atoms with Crippen molar-refractivity contribution in [3.05, 3.63) is 34.9 Å². The van der Waals surface area contributed by atoms with Crippen molar-refractivity contribution >= 4 is 27.7 Å². The van der Waals surface area contributed by atoms with Gasteiger partial charge < -0.3 is 10.2 Å². The molecule has 0 heterocycles. The second-order valence-electron chi connectivity index (χ2n) is 3.87. The van der Waals surface area contributed by atoms with Gasteiger partial charge in [-0.1, -0.05) is 28.1 Å². The Labute approximate surface area is 116 Å². The first-order chi connectivity index (χ1) is 8.75. The van der Waals surface area contributed by atoms with Crippen molar-refractivity contribution in [2.45, 2.75) is 24.3 Å². The Bertz CT molecular complexity index is 503. The molecule has 7 heteroatoms. The van der Waals surface area contributed by atoms with E-state index in [0.717, 1.165) is 12.1 Å². The Morgan fingerprint density at radius 3 is 2.26 bits per heavy atom. The third-order valence-electron chi connectivity index (χ3n) is 2.50. The molecular formula is C12H11BrF2O4. The highest BCUT2D eigenvalue weighted by atomic mass is 79.9. The molecular weight excluding hydrogens is 326 g/mol. The number of benzene rings is 1. The van der Waals surface area contributed by atoms with Gasteiger partial charge in [0, 0.05) is 16.7 Å². The molecule has 0 bridgehead atoms. The molecule has 2 unspecified atom stereocenters. The molecule has 0 saturated heterocycles. The number of aliphatic hydroxyl groups is 1. The standard InChI is InChI=1S/C12H11BrF2O4/c1-5(13)9(16)6-2-3-7(10(17)12(18)19)8(4-6)11(14)15/h2-5,10-11,17H,1H3,(H,18,19). The van der Waals surface area contributed by atoms with Gasteiger partial charge in [-0.25, -0.2) is 13.6 Å². The summed E-state index contributed by atoms with van der Waals surface area (Å²) in [6.07, 6.45) is -5.03. The number of halogens is 3. The molecule has 1 aromatic rings. The Morgan fingerprint density at radius 1 is 1.26 bits per heavy atom. The third-order valence-corrected chi connectivity index (χ3v) is 2.91. The second-order valence-corrected chi connectivity index (χ2v) is 5.24. The number of ketones is 1. The maximum atomic E-state index is 12.9. The number of Topliss-reactive ketones (excluding diaryl/α,β-unsaturated/α-hetero) is 1. The van der Waals surface area contributed by atoms with Gasteiger partial charge in [0.2, 0.25) is 0 Å². The monoisotopic (exact) mass is 336 g/mol. The normalized spacial score (nSPS) is 14.2. The number of aliphatic carboxylic acids is 1. The summed E-state index contributed by atoms with van der Waals surface area (Å²) >= 11 is 3.03. The molecule has 0 aromatic heterocycles. The number of aliphatic hydroxyl groups excluding tert-OH is 1. The molecule has 4 nitrogen and oxygen atoms in total. The predicted octanol–water partition coefficient (Wildman–Crippen LogP) is 2.71. The lowest BCUT2D eigenvalue weighted by Crippen LogP contribution is -2.15. The maximum Gasteiger partial charge on any atom is 0.337 e. The highest BCUT2D eigenvalue weighted by molar-refractivity contribution is 9.10. The van der Waals surface area contributed by atoms with E-state index in [-0.39, 0.29) is 5.56 Å². The van der Waals surface area contributed by atoms with E-state index < -0.39 is 40.2 Å². The van der Waals surface area contributed by atoms with Crippen molar-refractivity contribution in [1.29, 1.82) is 0 Å². The topological polar surface area (TPSA) is 74.6 Å². The quantitative estimate of drug-likeness (QED) is 0.640. The minimum absolute atomic E-state index is 0.0287. The SMILES string of the molecule is CC(Br)C(=O)c1ccc(C(O)C(=O)O)c(C(F)F)c1. The number of hydrogen-bond donors (Lipinski definition) is 2. The summed E-state index contributed by atoms with van der Waals surface area (Å²) < 4.78 is 25.7. The van der Waals surface area contributed by atoms with E-state index in [2.05, 4.69) is 15.9 Å². The van der Waals surface area contributed by atoms with Gasteiger partial charge in [0.15, 0.2) is 11.9 Å². The van der Waals surface area contributed by atoms with Gasteiger partial charge in [-0.15, -0.1) is 0 Å². The fourth-order valence-electron chi connectivity index (χ4n) is 1.53. The molecule has 0 radical (unpaired) electrons. The van der Waals surface area contributed by atoms with Gasteiger partial charge in [0.1, 0.15) is 0 Å². The van der Waals surface area contributed by atoms with Gasteiger partial charge in [-0.05, 0) is 13.0 Å². The number of carboxylic acid groups (broad SMARTS) is 1. The van der Waals surface area contributed by atoms with E-state index in [4.69, 9.17) is 5.11 Å². The Balaban J connectivity index is 3.30. The molecule has 0 fully saturated rings. The number of carbonyl (C=O) groups is 2. The lowest BCUT2D eigenvalue weighted by atomic mass is 9.97. The zero-order chi connectivity index (χ0) is 14.7. The molecule has 0 aliphatic carbocycles. The van der Waals surface area contributed by atoms with Crippen molar-refractivity contribution in [2.24, 2.45) is 0 Å². The van der Waals surface area contributed by atoms with E-state index in [0.29, 0.717) is 0 Å². The first-order valence-electron chi connectivity index (χ1n) is 5.26. The molecule has 1 aromatic carbocycles. The van der Waals surface area contributed by atoms with Crippen LogP contribution in [-0.4, -0.2) is 26.8 Å². The number of alkyl halides is 3. The molecule has 2 N–H and O–H groups in total. The van der Waals surface area contributed by atoms with Crippen LogP contribution in [-0.2, 0) is 4.79 Å². The number of hydrogen-bond acceptors (Lipinski definition) is 3. The van der Waals surface area contributed by atoms with Gasteiger partial charge >= 0.3 is 5.97 Å². The fraction of sp³-hybridized carbons (Fsp3) is 0.333. The summed E-state index contributed by atoms with van der Waals surface area (Å²) in [6.45, 7) is 1.55. The van der Waals surface area contributed by atoms with E-state index in [1.807, 2.05) is 0 Å². The van der Waals surface area contributed by atoms with Crippen LogP contribution in [0.2, 0.25) is 0 Å². The van der Waals surface area contributed by atoms with Gasteiger partial charge in [-0.3, -0.25) is 4.79 Å². The van der Waals surface area contributed by atoms with Crippen molar-refractivity contribution in [2.75, 3.05) is 0 Å². The minimum atomic E-state index is -2.98. The molecule has 19 heavy (non-hydrogen) atoms. The van der Waals surface area contributed by atoms with Crippen LogP contribution in [0.25, 0.3) is 0 Å². The van der Waals surface area contributed by atoms with Crippen LogP contribution in [0, 0.1) is 0 Å². The average molecular weight is 337 g/mol. The first kappa shape index (κ1) is 15.7. The minimum Gasteiger partial charge on any atom is -0.479 e. The van der Waals surface area contributed by atoms with Crippen LogP contribution >= 0.6 is 15.9 Å². The Kier molecular flexibility index (Phi) is 5.13. The van der Waals surface area contributed by atoms with E-state index in [1.165, 1.54) is 6.07 Å². The van der Waals surface area contributed by atoms with Crippen molar-refractivity contribution in [1.82, 2.24) is 0 Å². The van der Waals surface area contributed by atoms with Crippen molar-refractivity contribution < 1.29 is 28.6 Å². The summed E-state index contributed by atoms with van der Waals surface area (Å²) in [5.74, 6) is -2.03. The smallest absolute Gasteiger partial charge is 0.337 e. The zero-order valence-electron chi connectivity index (χ0n) is 9.81. The molecule has 0 amide bonds. The molecule has 0 spiro atoms. The van der Waals surface area contributed by atoms with E-state index >= 15 is 0 Å². The van der Waals surface area contributed by atoms with Gasteiger partial charge in [0.25, 0.3) is 6.43 Å². The summed E-state index contributed by atoms with van der Waals surface area (Å²) in [7, 11) is 0. The fourth-order valence-corrected chi connectivity index (χ4v) is 1.79. The summed E-state index contributed by atoms with van der Waals surface area (Å²) in [5, 5.41) is 18.0. The van der Waals surface area contributed by atoms with Crippen LogP contribution in [0.1, 0.15) is 40.9 Å². The van der Waals surface area contributed by atoms with Crippen LogP contribution in [0.3, 0.4) is 0 Å². The Hall–Kier alpha value is -1.34. The largest absolute Gasteiger partial charge is 0.479 e. The number of rotatable bonds is 5. The van der Waals surface area contributed by atoms with Crippen molar-refractivity contribution in [3.8, 4) is 0 Å². The highest BCUT2D eigenvalue weighted by Crippen LogP contribution is 2.29. The van der Waals surface area contributed by atoms with Gasteiger partial charge in [-0.2, -0.15) is 0 Å². The second kappa shape index (κ2) is 6.21. The first-order valence-corrected chi connectivity index (χ1v) is 6.18. The van der Waals surface area contributed by atoms with Crippen LogP contribution in [0.4, 0.5) is 8.78 Å². The lowest BCUT2D eigenvalue weighted by Gasteiger charge is -2.13. The zero-order valence-corrected chi connectivity index (χ0v) is 11.4. The summed E-state index contributed by atoms with van der Waals surface area (Å²) in [6, 6.07) is 3.16. The summed E-state index contributed by atoms with van der Waals surface area (Å²) in [4.78, 5) is 21.7. The molecule has 0 saturated carbocycles. The molecule has 0 aliphatic heterocycles. The van der Waals surface area contributed by atoms with Crippen molar-refractivity contribution in [3.63, 3.8) is 0 Å². The van der Waals surface area contributed by atoms with Crippen LogP contribution < -0.4 is 0 Å². The summed E-state index contributed by atoms with van der Waals surface area (Å²) in [5.41, 5.74) is -1.05. The van der Waals surface area contributed by atoms with E-state index in [1.54, 1.807) is 6.92 Å². The number of carboxylic acids is 1. The van der Waals surface area contributed by atoms with Crippen LogP contribution in [0.5, 0.6) is 0 Å². The molecule has 104 valence electrons. The number of carbonyl (C=O) groups excluding carboxylic acids is 1.